The fourth-order valence-corrected chi connectivity index (χ4v) is 10.3. The molecule has 0 radical (unpaired) electrons. The molecule has 0 fully saturated rings. The molecule has 12 heteroatoms. The van der Waals surface area contributed by atoms with Gasteiger partial charge in [0.25, 0.3) is 0 Å². The lowest BCUT2D eigenvalue weighted by atomic mass is 9.71. The van der Waals surface area contributed by atoms with E-state index in [9.17, 15) is 31.6 Å². The van der Waals surface area contributed by atoms with Crippen molar-refractivity contribution in [2.75, 3.05) is 0 Å². The predicted molar refractivity (Wildman–Crippen MR) is 150 cm³/mol. The first-order chi connectivity index (χ1) is 17.6. The second-order valence-electron chi connectivity index (χ2n) is 8.40. The van der Waals surface area contributed by atoms with E-state index >= 15 is 0 Å². The van der Waals surface area contributed by atoms with Gasteiger partial charge in [-0.15, -0.1) is 0 Å². The van der Waals surface area contributed by atoms with E-state index < -0.39 is 0 Å². The first-order valence-electron chi connectivity index (χ1n) is 11.2. The minimum Gasteiger partial charge on any atom is -0.185 e. The van der Waals surface area contributed by atoms with Crippen molar-refractivity contribution in [3.63, 3.8) is 0 Å². The SMILES string of the molecule is N#CS[C@@H]1CC[C@@H](SC#N)c2c1c1c(c3c2[C@H](SC#N)CC[C@H]3SC#N)[C@H](SC#N)CC[C@H]1SC#N. The first kappa shape index (κ1) is 27.3. The molecule has 3 aliphatic carbocycles. The van der Waals surface area contributed by atoms with Crippen LogP contribution in [-0.2, 0) is 0 Å². The molecule has 0 amide bonds. The van der Waals surface area contributed by atoms with Crippen LogP contribution >= 0.6 is 70.6 Å². The van der Waals surface area contributed by atoms with E-state index in [4.69, 9.17) is 0 Å². The number of fused-ring (bicyclic) bond motifs is 6. The van der Waals surface area contributed by atoms with Crippen LogP contribution in [0.1, 0.15) is 103 Å². The number of thiocyanates is 6. The molecule has 0 saturated carbocycles. The third kappa shape index (κ3) is 5.02. The molecule has 6 nitrogen and oxygen atoms in total. The van der Waals surface area contributed by atoms with Gasteiger partial charge in [0.05, 0.1) is 0 Å². The minimum absolute atomic E-state index is 0.107. The fraction of sp³-hybridized carbons (Fsp3) is 0.500. The van der Waals surface area contributed by atoms with E-state index in [1.807, 2.05) is 0 Å². The monoisotopic (exact) mass is 582 g/mol. The normalized spacial score (nSPS) is 27.8. The molecule has 1 aromatic rings. The van der Waals surface area contributed by atoms with Gasteiger partial charge in [0, 0.05) is 31.5 Å². The Morgan fingerprint density at radius 1 is 0.333 bits per heavy atom. The highest BCUT2D eigenvalue weighted by Crippen LogP contribution is 2.64. The lowest BCUT2D eigenvalue weighted by Gasteiger charge is -2.44. The van der Waals surface area contributed by atoms with Crippen molar-refractivity contribution >= 4 is 70.6 Å². The molecule has 4 rings (SSSR count). The van der Waals surface area contributed by atoms with E-state index in [0.29, 0.717) is 0 Å². The number of nitriles is 6. The van der Waals surface area contributed by atoms with E-state index in [1.165, 1.54) is 70.6 Å². The summed E-state index contributed by atoms with van der Waals surface area (Å²) in [5.41, 5.74) is 6.23. The highest BCUT2D eigenvalue weighted by atomic mass is 32.2. The maximum absolute atomic E-state index is 9.67. The maximum atomic E-state index is 9.67. The molecule has 6 atom stereocenters. The minimum atomic E-state index is -0.107. The zero-order valence-electron chi connectivity index (χ0n) is 18.8. The maximum Gasteiger partial charge on any atom is 0.133 e. The molecule has 0 aromatic heterocycles. The standard InChI is InChI=1S/C24H18N6S6/c25-7-31-13-1-2-14(32-8-26)20-19(13)21-15(33-9-27)3-4-17(35-11-29)23(21)24-18(36-12-30)6-5-16(22(20)24)34-10-28/h13-18H,1-6H2/t13-,14-,15-,16-,17-,18-/m1/s1. The summed E-state index contributed by atoms with van der Waals surface area (Å²) >= 11 is 7.31. The highest BCUT2D eigenvalue weighted by molar-refractivity contribution is 8.05. The van der Waals surface area contributed by atoms with Crippen LogP contribution in [0.25, 0.3) is 0 Å². The Balaban J connectivity index is 2.18. The van der Waals surface area contributed by atoms with Gasteiger partial charge in [-0.1, -0.05) is 0 Å². The van der Waals surface area contributed by atoms with Crippen LogP contribution in [0.4, 0.5) is 0 Å². The second-order valence-corrected chi connectivity index (χ2v) is 14.3. The van der Waals surface area contributed by atoms with Crippen molar-refractivity contribution in [2.45, 2.75) is 70.0 Å². The number of hydrogen-bond donors (Lipinski definition) is 0. The van der Waals surface area contributed by atoms with Crippen LogP contribution in [0, 0.1) is 64.0 Å². The molecule has 180 valence electrons. The van der Waals surface area contributed by atoms with Crippen molar-refractivity contribution in [1.82, 2.24) is 0 Å². The number of benzene rings is 1. The summed E-state index contributed by atoms with van der Waals surface area (Å²) in [4.78, 5) is 0. The van der Waals surface area contributed by atoms with Gasteiger partial charge in [0.1, 0.15) is 32.4 Å². The number of hydrogen-bond acceptors (Lipinski definition) is 12. The lowest BCUT2D eigenvalue weighted by Crippen LogP contribution is -2.27. The van der Waals surface area contributed by atoms with E-state index in [0.717, 1.165) is 71.9 Å². The van der Waals surface area contributed by atoms with Crippen molar-refractivity contribution in [3.05, 3.63) is 33.4 Å². The van der Waals surface area contributed by atoms with Gasteiger partial charge in [0.2, 0.25) is 0 Å². The molecule has 0 saturated heterocycles. The van der Waals surface area contributed by atoms with Gasteiger partial charge in [-0.25, -0.2) is 0 Å². The van der Waals surface area contributed by atoms with Crippen molar-refractivity contribution < 1.29 is 0 Å². The lowest BCUT2D eigenvalue weighted by molar-refractivity contribution is 0.580. The summed E-state index contributed by atoms with van der Waals surface area (Å²) in [6.07, 6.45) is 4.43. The Bertz CT molecular complexity index is 1010. The summed E-state index contributed by atoms with van der Waals surface area (Å²) in [7, 11) is 0. The Morgan fingerprint density at radius 2 is 0.472 bits per heavy atom. The Morgan fingerprint density at radius 3 is 0.583 bits per heavy atom. The molecule has 0 spiro atoms. The first-order valence-corrected chi connectivity index (χ1v) is 16.4. The average Bonchev–Trinajstić information content (AvgIpc) is 2.88. The second kappa shape index (κ2) is 12.7. The van der Waals surface area contributed by atoms with Crippen LogP contribution in [0.2, 0.25) is 0 Å². The van der Waals surface area contributed by atoms with Gasteiger partial charge < -0.3 is 0 Å². The highest BCUT2D eigenvalue weighted by Gasteiger charge is 2.46. The van der Waals surface area contributed by atoms with E-state index in [2.05, 4.69) is 32.4 Å². The van der Waals surface area contributed by atoms with Gasteiger partial charge in [-0.2, -0.15) is 31.6 Å². The summed E-state index contributed by atoms with van der Waals surface area (Å²) in [6, 6.07) is 0. The third-order valence-corrected chi connectivity index (χ3v) is 12.1. The molecular weight excluding hydrogens is 565 g/mol. The van der Waals surface area contributed by atoms with Gasteiger partial charge in [-0.05, 0) is 142 Å². The summed E-state index contributed by atoms with van der Waals surface area (Å²) in [5.74, 6) is 0. The number of rotatable bonds is 6. The van der Waals surface area contributed by atoms with Crippen LogP contribution in [0.3, 0.4) is 0 Å². The summed E-state index contributed by atoms with van der Waals surface area (Å²) < 4.78 is 0. The molecule has 0 heterocycles. The molecule has 1 aromatic carbocycles. The third-order valence-electron chi connectivity index (χ3n) is 6.92. The van der Waals surface area contributed by atoms with Crippen molar-refractivity contribution in [1.29, 1.82) is 31.6 Å². The molecule has 0 N–H and O–H groups in total. The van der Waals surface area contributed by atoms with Gasteiger partial charge in [0.15, 0.2) is 0 Å². The molecule has 0 aliphatic heterocycles. The van der Waals surface area contributed by atoms with Crippen LogP contribution in [-0.4, -0.2) is 0 Å². The topological polar surface area (TPSA) is 143 Å². The average molecular weight is 583 g/mol. The van der Waals surface area contributed by atoms with Gasteiger partial charge in [-0.3, -0.25) is 0 Å². The van der Waals surface area contributed by atoms with Crippen molar-refractivity contribution in [2.24, 2.45) is 0 Å². The number of nitrogens with zero attached hydrogens (tertiary/aromatic N) is 6. The molecular formula is C24H18N6S6. The van der Waals surface area contributed by atoms with Crippen molar-refractivity contribution in [3.8, 4) is 32.4 Å². The Kier molecular flexibility index (Phi) is 9.61. The van der Waals surface area contributed by atoms with E-state index in [1.54, 1.807) is 0 Å². The zero-order chi connectivity index (χ0) is 25.7. The molecule has 0 bridgehead atoms. The quantitative estimate of drug-likeness (QED) is 0.296. The molecule has 0 unspecified atom stereocenters. The van der Waals surface area contributed by atoms with Crippen LogP contribution in [0.15, 0.2) is 0 Å². The Labute approximate surface area is 236 Å². The van der Waals surface area contributed by atoms with Crippen LogP contribution in [0.5, 0.6) is 0 Å². The summed E-state index contributed by atoms with van der Waals surface area (Å²) in [5, 5.41) is 71.0. The molecule has 3 aliphatic rings. The van der Waals surface area contributed by atoms with Gasteiger partial charge >= 0.3 is 0 Å². The zero-order valence-corrected chi connectivity index (χ0v) is 23.7. The fourth-order valence-electron chi connectivity index (χ4n) is 5.81. The van der Waals surface area contributed by atoms with E-state index in [-0.39, 0.29) is 31.5 Å². The smallest absolute Gasteiger partial charge is 0.133 e. The van der Waals surface area contributed by atoms with Crippen LogP contribution < -0.4 is 0 Å². The summed E-state index contributed by atoms with van der Waals surface area (Å²) in [6.45, 7) is 0. The largest absolute Gasteiger partial charge is 0.185 e. The molecule has 36 heavy (non-hydrogen) atoms. The number of thioether (sulfide) groups is 6. The Hall–Kier alpha value is -1.74. The predicted octanol–water partition coefficient (Wildman–Crippen LogP) is 8.60.